The van der Waals surface area contributed by atoms with Gasteiger partial charge in [-0.05, 0) is 30.9 Å². The normalized spacial score (nSPS) is 17.9. The molecule has 1 saturated heterocycles. The van der Waals surface area contributed by atoms with E-state index in [1.165, 1.54) is 6.42 Å². The van der Waals surface area contributed by atoms with E-state index in [0.717, 1.165) is 36.4 Å². The summed E-state index contributed by atoms with van der Waals surface area (Å²) in [5.74, 6) is 2.59. The summed E-state index contributed by atoms with van der Waals surface area (Å²) in [4.78, 5) is 20.2. The molecule has 3 rings (SSSR count). The summed E-state index contributed by atoms with van der Waals surface area (Å²) in [6.07, 6.45) is 3.47. The van der Waals surface area contributed by atoms with Crippen LogP contribution in [0.25, 0.3) is 0 Å². The van der Waals surface area contributed by atoms with Crippen LogP contribution >= 0.6 is 11.8 Å². The second-order valence-corrected chi connectivity index (χ2v) is 7.20. The maximum absolute atomic E-state index is 13.0. The van der Waals surface area contributed by atoms with Crippen molar-refractivity contribution >= 4 is 17.7 Å². The molecule has 1 unspecified atom stereocenters. The second kappa shape index (κ2) is 7.83. The van der Waals surface area contributed by atoms with E-state index in [1.54, 1.807) is 18.7 Å². The average molecular weight is 345 g/mol. The summed E-state index contributed by atoms with van der Waals surface area (Å²) >= 11 is 1.58. The van der Waals surface area contributed by atoms with Crippen molar-refractivity contribution in [2.75, 3.05) is 13.1 Å². The van der Waals surface area contributed by atoms with Gasteiger partial charge in [-0.3, -0.25) is 4.79 Å². The van der Waals surface area contributed by atoms with Crippen molar-refractivity contribution in [1.29, 1.82) is 0 Å². The number of benzene rings is 1. The van der Waals surface area contributed by atoms with Gasteiger partial charge in [0, 0.05) is 24.9 Å². The number of nitrogens with zero attached hydrogens (tertiary/aromatic N) is 3. The van der Waals surface area contributed by atoms with Crippen molar-refractivity contribution in [1.82, 2.24) is 15.0 Å². The number of aromatic nitrogens is 2. The topological polar surface area (TPSA) is 59.2 Å². The number of carbonyl (C=O) groups is 1. The quantitative estimate of drug-likeness (QED) is 0.768. The number of likely N-dealkylation sites (tertiary alicyclic amines) is 1. The Labute approximate surface area is 146 Å². The molecule has 6 heteroatoms. The fourth-order valence-corrected chi connectivity index (χ4v) is 3.95. The van der Waals surface area contributed by atoms with Crippen LogP contribution in [0, 0.1) is 12.8 Å². The van der Waals surface area contributed by atoms with E-state index >= 15 is 0 Å². The Morgan fingerprint density at radius 2 is 2.25 bits per heavy atom. The summed E-state index contributed by atoms with van der Waals surface area (Å²) in [5.41, 5.74) is 0.777. The smallest absolute Gasteiger partial charge is 0.254 e. The van der Waals surface area contributed by atoms with Crippen LogP contribution in [0.1, 0.15) is 48.3 Å². The van der Waals surface area contributed by atoms with Gasteiger partial charge in [0.25, 0.3) is 5.91 Å². The van der Waals surface area contributed by atoms with Gasteiger partial charge >= 0.3 is 0 Å². The first-order valence-electron chi connectivity index (χ1n) is 8.47. The van der Waals surface area contributed by atoms with Crippen LogP contribution in [0.3, 0.4) is 0 Å². The Kier molecular flexibility index (Phi) is 5.56. The molecule has 0 spiro atoms. The number of hydrogen-bond donors (Lipinski definition) is 0. The lowest BCUT2D eigenvalue weighted by atomic mass is 9.95. The van der Waals surface area contributed by atoms with Crippen LogP contribution in [0.2, 0.25) is 0 Å². The molecule has 5 nitrogen and oxygen atoms in total. The molecule has 1 aromatic heterocycles. The van der Waals surface area contributed by atoms with Crippen molar-refractivity contribution in [3.8, 4) is 0 Å². The Balaban J connectivity index is 1.72. The van der Waals surface area contributed by atoms with Gasteiger partial charge in [-0.15, -0.1) is 11.8 Å². The zero-order valence-electron chi connectivity index (χ0n) is 14.2. The molecule has 1 aromatic carbocycles. The van der Waals surface area contributed by atoms with Crippen molar-refractivity contribution < 1.29 is 9.32 Å². The predicted octanol–water partition coefficient (Wildman–Crippen LogP) is 3.93. The molecule has 128 valence electrons. The summed E-state index contributed by atoms with van der Waals surface area (Å²) < 4.78 is 5.00. The standard InChI is InChI=1S/C18H23N3O2S/c1-3-14-7-6-10-21(11-14)18(22)15-8-4-5-9-16(15)24-12-17-19-13(2)23-20-17/h4-5,8-9,14H,3,6-7,10-12H2,1-2H3. The number of rotatable bonds is 5. The second-order valence-electron chi connectivity index (χ2n) is 6.18. The Hall–Kier alpha value is -1.82. The third kappa shape index (κ3) is 3.98. The van der Waals surface area contributed by atoms with Gasteiger partial charge in [-0.25, -0.2) is 0 Å². The molecule has 1 amide bonds. The summed E-state index contributed by atoms with van der Waals surface area (Å²) in [5, 5.41) is 3.91. The van der Waals surface area contributed by atoms with Crippen molar-refractivity contribution in [2.24, 2.45) is 5.92 Å². The van der Waals surface area contributed by atoms with Crippen LogP contribution < -0.4 is 0 Å². The zero-order chi connectivity index (χ0) is 16.9. The maximum Gasteiger partial charge on any atom is 0.254 e. The third-order valence-corrected chi connectivity index (χ3v) is 5.50. The van der Waals surface area contributed by atoms with Gasteiger partial charge < -0.3 is 9.42 Å². The molecular weight excluding hydrogens is 322 g/mol. The third-order valence-electron chi connectivity index (χ3n) is 4.43. The highest BCUT2D eigenvalue weighted by molar-refractivity contribution is 7.98. The number of piperidine rings is 1. The number of thioether (sulfide) groups is 1. The lowest BCUT2D eigenvalue weighted by Crippen LogP contribution is -2.39. The molecule has 1 aliphatic heterocycles. The monoisotopic (exact) mass is 345 g/mol. The zero-order valence-corrected chi connectivity index (χ0v) is 15.0. The van der Waals surface area contributed by atoms with Gasteiger partial charge in [-0.1, -0.05) is 30.6 Å². The van der Waals surface area contributed by atoms with E-state index in [4.69, 9.17) is 4.52 Å². The van der Waals surface area contributed by atoms with E-state index in [2.05, 4.69) is 17.1 Å². The Morgan fingerprint density at radius 1 is 1.42 bits per heavy atom. The first-order valence-corrected chi connectivity index (χ1v) is 9.46. The van der Waals surface area contributed by atoms with Crippen molar-refractivity contribution in [3.05, 3.63) is 41.5 Å². The number of aryl methyl sites for hydroxylation is 1. The highest BCUT2D eigenvalue weighted by Crippen LogP contribution is 2.28. The van der Waals surface area contributed by atoms with Crippen LogP contribution in [0.4, 0.5) is 0 Å². The van der Waals surface area contributed by atoms with Crippen molar-refractivity contribution in [3.63, 3.8) is 0 Å². The highest BCUT2D eigenvalue weighted by Gasteiger charge is 2.25. The summed E-state index contributed by atoms with van der Waals surface area (Å²) in [7, 11) is 0. The molecule has 1 aliphatic rings. The van der Waals surface area contributed by atoms with Crippen LogP contribution in [-0.4, -0.2) is 34.0 Å². The largest absolute Gasteiger partial charge is 0.340 e. The van der Waals surface area contributed by atoms with Gasteiger partial charge in [0.1, 0.15) is 0 Å². The van der Waals surface area contributed by atoms with Gasteiger partial charge in [0.2, 0.25) is 5.89 Å². The summed E-state index contributed by atoms with van der Waals surface area (Å²) in [6, 6.07) is 7.80. The van der Waals surface area contributed by atoms with Gasteiger partial charge in [-0.2, -0.15) is 4.98 Å². The fraction of sp³-hybridized carbons (Fsp3) is 0.500. The number of hydrogen-bond acceptors (Lipinski definition) is 5. The molecule has 24 heavy (non-hydrogen) atoms. The predicted molar refractivity (Wildman–Crippen MR) is 94.0 cm³/mol. The van der Waals surface area contributed by atoms with E-state index in [1.807, 2.05) is 29.2 Å². The first-order chi connectivity index (χ1) is 11.7. The fourth-order valence-electron chi connectivity index (χ4n) is 3.06. The van der Waals surface area contributed by atoms with Crippen LogP contribution in [0.15, 0.2) is 33.7 Å². The van der Waals surface area contributed by atoms with E-state index < -0.39 is 0 Å². The molecule has 0 aliphatic carbocycles. The minimum absolute atomic E-state index is 0.139. The van der Waals surface area contributed by atoms with Crippen molar-refractivity contribution in [2.45, 2.75) is 43.8 Å². The highest BCUT2D eigenvalue weighted by atomic mass is 32.2. The number of carbonyl (C=O) groups excluding carboxylic acids is 1. The molecule has 0 N–H and O–H groups in total. The van der Waals surface area contributed by atoms with E-state index in [0.29, 0.717) is 23.4 Å². The van der Waals surface area contributed by atoms with Gasteiger partial charge in [0.05, 0.1) is 11.3 Å². The molecule has 1 fully saturated rings. The molecule has 2 aromatic rings. The molecule has 0 radical (unpaired) electrons. The number of amides is 1. The molecule has 1 atom stereocenters. The van der Waals surface area contributed by atoms with Crippen LogP contribution in [0.5, 0.6) is 0 Å². The Morgan fingerprint density at radius 3 is 3.00 bits per heavy atom. The Bertz CT molecular complexity index is 701. The minimum Gasteiger partial charge on any atom is -0.340 e. The lowest BCUT2D eigenvalue weighted by Gasteiger charge is -2.32. The van der Waals surface area contributed by atoms with Crippen LogP contribution in [-0.2, 0) is 5.75 Å². The summed E-state index contributed by atoms with van der Waals surface area (Å²) in [6.45, 7) is 5.71. The average Bonchev–Trinajstić information content (AvgIpc) is 3.05. The van der Waals surface area contributed by atoms with E-state index in [-0.39, 0.29) is 5.91 Å². The van der Waals surface area contributed by atoms with Gasteiger partial charge in [0.15, 0.2) is 5.82 Å². The SMILES string of the molecule is CCC1CCCN(C(=O)c2ccccc2SCc2noc(C)n2)C1. The first kappa shape index (κ1) is 17.0. The lowest BCUT2D eigenvalue weighted by molar-refractivity contribution is 0.0667. The molecule has 0 saturated carbocycles. The molecular formula is C18H23N3O2S. The van der Waals surface area contributed by atoms with E-state index in [9.17, 15) is 4.79 Å². The maximum atomic E-state index is 13.0. The molecule has 0 bridgehead atoms. The minimum atomic E-state index is 0.139. The molecule has 2 heterocycles.